The van der Waals surface area contributed by atoms with Crippen LogP contribution in [0, 0.1) is 6.92 Å². The maximum absolute atomic E-state index is 12.6. The smallest absolute Gasteiger partial charge is 0.273 e. The van der Waals surface area contributed by atoms with Crippen molar-refractivity contribution >= 4 is 41.0 Å². The average molecular weight is 370 g/mol. The second-order valence-corrected chi connectivity index (χ2v) is 6.74. The van der Waals surface area contributed by atoms with Gasteiger partial charge in [-0.3, -0.25) is 9.59 Å². The molecule has 0 saturated heterocycles. The van der Waals surface area contributed by atoms with E-state index in [4.69, 9.17) is 10.2 Å². The fourth-order valence-electron chi connectivity index (χ4n) is 2.07. The molecule has 1 aliphatic rings. The minimum absolute atomic E-state index is 0.0715. The van der Waals surface area contributed by atoms with Crippen LogP contribution in [0.5, 0.6) is 0 Å². The Hall–Kier alpha value is -1.28. The van der Waals surface area contributed by atoms with Crippen LogP contribution in [0.15, 0.2) is 34.1 Å². The quantitative estimate of drug-likeness (QED) is 0.719. The first-order valence-electron chi connectivity index (χ1n) is 7.77. The SMILES string of the molecule is CC.Cc1ccccc1N1C(=O)C(SCCO)=C(SCCO)C1=O. The second-order valence-electron chi connectivity index (χ2n) is 4.53. The Morgan fingerprint density at radius 2 is 1.38 bits per heavy atom. The molecule has 0 spiro atoms. The summed E-state index contributed by atoms with van der Waals surface area (Å²) in [5.41, 5.74) is 1.41. The molecular formula is C17H23NO4S2. The molecule has 0 aromatic heterocycles. The number of hydrogen-bond acceptors (Lipinski definition) is 6. The number of hydrogen-bond donors (Lipinski definition) is 2. The van der Waals surface area contributed by atoms with E-state index < -0.39 is 0 Å². The summed E-state index contributed by atoms with van der Waals surface area (Å²) in [5.74, 6) is -0.0328. The third kappa shape index (κ3) is 4.63. The van der Waals surface area contributed by atoms with Gasteiger partial charge >= 0.3 is 0 Å². The van der Waals surface area contributed by atoms with Crippen LogP contribution in [0.4, 0.5) is 5.69 Å². The molecule has 1 heterocycles. The third-order valence-electron chi connectivity index (χ3n) is 3.03. The van der Waals surface area contributed by atoms with Gasteiger partial charge in [0.15, 0.2) is 0 Å². The number of carbonyl (C=O) groups is 2. The van der Waals surface area contributed by atoms with Crippen LogP contribution in [0.1, 0.15) is 19.4 Å². The molecule has 0 atom stereocenters. The standard InChI is InChI=1S/C15H17NO4S2.C2H6/c1-10-4-2-3-5-11(10)16-14(19)12(21-8-6-17)13(15(16)20)22-9-7-18;1-2/h2-5,17-18H,6-9H2,1H3;1-2H3. The molecule has 1 aromatic carbocycles. The Kier molecular flexibility index (Phi) is 9.13. The maximum Gasteiger partial charge on any atom is 0.273 e. The molecule has 0 saturated carbocycles. The molecule has 0 unspecified atom stereocenters. The van der Waals surface area contributed by atoms with Gasteiger partial charge in [-0.25, -0.2) is 4.90 Å². The summed E-state index contributed by atoms with van der Waals surface area (Å²) in [7, 11) is 0. The van der Waals surface area contributed by atoms with Crippen LogP contribution >= 0.6 is 23.5 Å². The fourth-order valence-corrected chi connectivity index (χ4v) is 3.88. The molecule has 0 aliphatic carbocycles. The van der Waals surface area contributed by atoms with E-state index in [1.165, 1.54) is 28.4 Å². The molecule has 1 aromatic rings. The highest BCUT2D eigenvalue weighted by Gasteiger charge is 2.40. The van der Waals surface area contributed by atoms with Crippen molar-refractivity contribution in [3.63, 3.8) is 0 Å². The molecule has 2 amide bonds. The van der Waals surface area contributed by atoms with Gasteiger partial charge < -0.3 is 10.2 Å². The molecule has 2 rings (SSSR count). The van der Waals surface area contributed by atoms with Crippen LogP contribution in [-0.2, 0) is 9.59 Å². The Morgan fingerprint density at radius 1 is 0.917 bits per heavy atom. The predicted molar refractivity (Wildman–Crippen MR) is 101 cm³/mol. The van der Waals surface area contributed by atoms with Crippen molar-refractivity contribution in [3.8, 4) is 0 Å². The number of imide groups is 1. The van der Waals surface area contributed by atoms with Crippen LogP contribution in [0.2, 0.25) is 0 Å². The average Bonchev–Trinajstić information content (AvgIpc) is 2.83. The first kappa shape index (κ1) is 20.8. The monoisotopic (exact) mass is 369 g/mol. The summed E-state index contributed by atoms with van der Waals surface area (Å²) >= 11 is 2.35. The van der Waals surface area contributed by atoms with Gasteiger partial charge in [0.25, 0.3) is 11.8 Å². The van der Waals surface area contributed by atoms with E-state index >= 15 is 0 Å². The van der Waals surface area contributed by atoms with E-state index in [0.717, 1.165) is 5.56 Å². The lowest BCUT2D eigenvalue weighted by Crippen LogP contribution is -2.31. The van der Waals surface area contributed by atoms with E-state index in [1.807, 2.05) is 32.9 Å². The predicted octanol–water partition coefficient (Wildman–Crippen LogP) is 2.56. The first-order valence-corrected chi connectivity index (χ1v) is 9.75. The van der Waals surface area contributed by atoms with E-state index in [2.05, 4.69) is 0 Å². The lowest BCUT2D eigenvalue weighted by Gasteiger charge is -2.17. The van der Waals surface area contributed by atoms with Crippen LogP contribution in [-0.4, -0.2) is 46.7 Å². The Balaban J connectivity index is 0.00000139. The molecule has 132 valence electrons. The number of nitrogens with zero attached hydrogens (tertiary/aromatic N) is 1. The number of para-hydroxylation sites is 1. The zero-order valence-electron chi connectivity index (χ0n) is 14.1. The van der Waals surface area contributed by atoms with Gasteiger partial charge in [0, 0.05) is 11.5 Å². The number of aliphatic hydroxyl groups is 2. The number of carbonyl (C=O) groups excluding carboxylic acids is 2. The molecule has 7 heteroatoms. The van der Waals surface area contributed by atoms with Crippen molar-refractivity contribution in [2.24, 2.45) is 0 Å². The number of anilines is 1. The van der Waals surface area contributed by atoms with E-state index in [1.54, 1.807) is 12.1 Å². The van der Waals surface area contributed by atoms with Crippen molar-refractivity contribution in [3.05, 3.63) is 39.6 Å². The number of benzene rings is 1. The first-order chi connectivity index (χ1) is 11.6. The topological polar surface area (TPSA) is 77.8 Å². The van der Waals surface area contributed by atoms with Crippen molar-refractivity contribution in [1.82, 2.24) is 0 Å². The molecule has 24 heavy (non-hydrogen) atoms. The van der Waals surface area contributed by atoms with Gasteiger partial charge in [0.1, 0.15) is 0 Å². The van der Waals surface area contributed by atoms with Gasteiger partial charge in [-0.15, -0.1) is 23.5 Å². The minimum atomic E-state index is -0.363. The number of aryl methyl sites for hydroxylation is 1. The fraction of sp³-hybridized carbons (Fsp3) is 0.412. The molecular weight excluding hydrogens is 346 g/mol. The molecule has 0 radical (unpaired) electrons. The molecule has 1 aliphatic heterocycles. The Labute approximate surface area is 151 Å². The third-order valence-corrected chi connectivity index (χ3v) is 5.27. The van der Waals surface area contributed by atoms with Crippen LogP contribution in [0.25, 0.3) is 0 Å². The lowest BCUT2D eigenvalue weighted by atomic mass is 10.2. The van der Waals surface area contributed by atoms with Crippen molar-refractivity contribution in [2.75, 3.05) is 29.6 Å². The zero-order chi connectivity index (χ0) is 18.1. The number of thioether (sulfide) groups is 2. The molecule has 2 N–H and O–H groups in total. The Morgan fingerprint density at radius 3 is 1.79 bits per heavy atom. The van der Waals surface area contributed by atoms with Gasteiger partial charge in [-0.2, -0.15) is 0 Å². The lowest BCUT2D eigenvalue weighted by molar-refractivity contribution is -0.120. The van der Waals surface area contributed by atoms with Crippen molar-refractivity contribution in [2.45, 2.75) is 20.8 Å². The normalized spacial score (nSPS) is 14.1. The number of rotatable bonds is 7. The largest absolute Gasteiger partial charge is 0.396 e. The maximum atomic E-state index is 12.6. The summed E-state index contributed by atoms with van der Waals surface area (Å²) in [6, 6.07) is 7.21. The summed E-state index contributed by atoms with van der Waals surface area (Å²) < 4.78 is 0. The van der Waals surface area contributed by atoms with Gasteiger partial charge in [0.05, 0.1) is 28.7 Å². The van der Waals surface area contributed by atoms with Crippen molar-refractivity contribution in [1.29, 1.82) is 0 Å². The van der Waals surface area contributed by atoms with Gasteiger partial charge in [0.2, 0.25) is 0 Å². The Bertz CT molecular complexity index is 586. The highest BCUT2D eigenvalue weighted by Crippen LogP contribution is 2.39. The number of aliphatic hydroxyl groups excluding tert-OH is 2. The summed E-state index contributed by atoms with van der Waals surface area (Å²) in [6.45, 7) is 5.70. The van der Waals surface area contributed by atoms with Crippen LogP contribution < -0.4 is 4.90 Å². The molecule has 0 bridgehead atoms. The van der Waals surface area contributed by atoms with E-state index in [0.29, 0.717) is 27.0 Å². The summed E-state index contributed by atoms with van der Waals surface area (Å²) in [5, 5.41) is 17.9. The van der Waals surface area contributed by atoms with Crippen LogP contribution in [0.3, 0.4) is 0 Å². The van der Waals surface area contributed by atoms with E-state index in [-0.39, 0.29) is 25.0 Å². The molecule has 0 fully saturated rings. The molecule has 5 nitrogen and oxygen atoms in total. The number of amides is 2. The summed E-state index contributed by atoms with van der Waals surface area (Å²) in [6.07, 6.45) is 0. The van der Waals surface area contributed by atoms with Gasteiger partial charge in [-0.05, 0) is 18.6 Å². The second kappa shape index (κ2) is 10.6. The summed E-state index contributed by atoms with van der Waals surface area (Å²) in [4.78, 5) is 27.1. The zero-order valence-corrected chi connectivity index (χ0v) is 15.7. The van der Waals surface area contributed by atoms with Gasteiger partial charge in [-0.1, -0.05) is 32.0 Å². The minimum Gasteiger partial charge on any atom is -0.396 e. The highest BCUT2D eigenvalue weighted by atomic mass is 32.2. The highest BCUT2D eigenvalue weighted by molar-refractivity contribution is 8.08. The van der Waals surface area contributed by atoms with Crippen molar-refractivity contribution < 1.29 is 19.8 Å². The van der Waals surface area contributed by atoms with E-state index in [9.17, 15) is 9.59 Å².